The molecule has 6 heteroatoms. The van der Waals surface area contributed by atoms with Gasteiger partial charge in [-0.15, -0.1) is 0 Å². The van der Waals surface area contributed by atoms with Crippen LogP contribution in [0.25, 0.3) is 0 Å². The van der Waals surface area contributed by atoms with E-state index in [0.29, 0.717) is 18.4 Å². The lowest BCUT2D eigenvalue weighted by atomic mass is 10.0. The number of aliphatic imine (C=N–C) groups is 1. The molecule has 0 aliphatic heterocycles. The Morgan fingerprint density at radius 1 is 1.00 bits per heavy atom. The number of hydrogen-bond acceptors (Lipinski definition) is 1. The molecule has 0 fully saturated rings. The Kier molecular flexibility index (Phi) is 9.41. The molecule has 1 aromatic rings. The first kappa shape index (κ1) is 19.8. The molecule has 9 N–H and O–H groups in total. The SMILES string of the molecule is CC(C)CN=C(N)N.CC(C)c1ccc(C[NH+]=C(N)N)cc1. The average Bonchev–Trinajstić information content (AvgIpc) is 2.44. The van der Waals surface area contributed by atoms with Crippen molar-refractivity contribution >= 4 is 11.9 Å². The molecule has 0 spiro atoms. The molecule has 1 aromatic carbocycles. The molecular weight excluding hydrogens is 276 g/mol. The van der Waals surface area contributed by atoms with Gasteiger partial charge in [0.25, 0.3) is 0 Å². The van der Waals surface area contributed by atoms with Crippen molar-refractivity contribution in [2.75, 3.05) is 6.54 Å². The summed E-state index contributed by atoms with van der Waals surface area (Å²) in [4.78, 5) is 6.68. The van der Waals surface area contributed by atoms with E-state index < -0.39 is 0 Å². The first-order chi connectivity index (χ1) is 10.2. The molecule has 0 amide bonds. The van der Waals surface area contributed by atoms with Gasteiger partial charge in [-0.3, -0.25) is 21.5 Å². The number of benzene rings is 1. The van der Waals surface area contributed by atoms with Gasteiger partial charge >= 0.3 is 5.96 Å². The monoisotopic (exact) mass is 307 g/mol. The van der Waals surface area contributed by atoms with E-state index in [1.165, 1.54) is 11.1 Å². The van der Waals surface area contributed by atoms with Gasteiger partial charge in [-0.05, 0) is 23.0 Å². The number of rotatable bonds is 5. The Balaban J connectivity index is 0.000000472. The zero-order valence-electron chi connectivity index (χ0n) is 14.1. The van der Waals surface area contributed by atoms with Crippen molar-refractivity contribution in [3.8, 4) is 0 Å². The van der Waals surface area contributed by atoms with Crippen LogP contribution in [0.5, 0.6) is 0 Å². The van der Waals surface area contributed by atoms with Gasteiger partial charge in [-0.25, -0.2) is 0 Å². The number of guanidine groups is 2. The molecule has 124 valence electrons. The van der Waals surface area contributed by atoms with Gasteiger partial charge in [0, 0.05) is 6.54 Å². The number of nitrogens with zero attached hydrogens (tertiary/aromatic N) is 1. The van der Waals surface area contributed by atoms with Crippen LogP contribution in [0.4, 0.5) is 0 Å². The second-order valence-electron chi connectivity index (χ2n) is 5.86. The summed E-state index contributed by atoms with van der Waals surface area (Å²) < 4.78 is 0. The Hall–Kier alpha value is -2.24. The van der Waals surface area contributed by atoms with E-state index in [1.807, 2.05) is 0 Å². The summed E-state index contributed by atoms with van der Waals surface area (Å²) >= 11 is 0. The second-order valence-corrected chi connectivity index (χ2v) is 5.86. The van der Waals surface area contributed by atoms with Crippen molar-refractivity contribution in [3.05, 3.63) is 35.4 Å². The third-order valence-corrected chi connectivity index (χ3v) is 2.78. The molecule has 0 saturated heterocycles. The highest BCUT2D eigenvalue weighted by molar-refractivity contribution is 5.75. The maximum absolute atomic E-state index is 5.30. The summed E-state index contributed by atoms with van der Waals surface area (Å²) in [5.41, 5.74) is 23.3. The second kappa shape index (κ2) is 10.5. The van der Waals surface area contributed by atoms with Gasteiger partial charge in [0.2, 0.25) is 0 Å². The molecule has 0 aliphatic carbocycles. The first-order valence-corrected chi connectivity index (χ1v) is 7.48. The van der Waals surface area contributed by atoms with Crippen molar-refractivity contribution in [2.24, 2.45) is 33.8 Å². The lowest BCUT2D eigenvalue weighted by Crippen LogP contribution is -2.76. The van der Waals surface area contributed by atoms with Gasteiger partial charge in [0.15, 0.2) is 5.96 Å². The fourth-order valence-corrected chi connectivity index (χ4v) is 1.51. The van der Waals surface area contributed by atoms with Crippen LogP contribution in [0.1, 0.15) is 44.7 Å². The number of hydrogen-bond donors (Lipinski definition) is 5. The standard InChI is InChI=1S/C11H17N3.C5H13N3/c1-8(2)10-5-3-9(4-6-10)7-14-11(12)13;1-4(2)3-8-5(6)7/h3-6,8H,7H2,1-2H3,(H4,12,13,14);4H,3H2,1-2H3,(H4,6,7,8)/p+1. The summed E-state index contributed by atoms with van der Waals surface area (Å²) in [6, 6.07) is 8.44. The highest BCUT2D eigenvalue weighted by Crippen LogP contribution is 2.13. The van der Waals surface area contributed by atoms with Crippen LogP contribution < -0.4 is 27.9 Å². The minimum atomic E-state index is 0.179. The van der Waals surface area contributed by atoms with Crippen LogP contribution in [-0.4, -0.2) is 18.5 Å². The van der Waals surface area contributed by atoms with E-state index in [9.17, 15) is 0 Å². The third-order valence-electron chi connectivity index (χ3n) is 2.78. The fraction of sp³-hybridized carbons (Fsp3) is 0.500. The number of nitrogens with one attached hydrogen (secondary N) is 1. The van der Waals surface area contributed by atoms with Crippen LogP contribution >= 0.6 is 0 Å². The van der Waals surface area contributed by atoms with E-state index in [4.69, 9.17) is 22.9 Å². The van der Waals surface area contributed by atoms with Crippen molar-refractivity contribution in [1.29, 1.82) is 0 Å². The smallest absolute Gasteiger partial charge is 0.339 e. The van der Waals surface area contributed by atoms with Gasteiger partial charge in [-0.2, -0.15) is 0 Å². The quantitative estimate of drug-likeness (QED) is 0.373. The van der Waals surface area contributed by atoms with Crippen molar-refractivity contribution in [3.63, 3.8) is 0 Å². The molecule has 0 aromatic heterocycles. The Bertz CT molecular complexity index is 466. The normalized spacial score (nSPS) is 9.91. The van der Waals surface area contributed by atoms with E-state index in [0.717, 1.165) is 6.54 Å². The predicted octanol–water partition coefficient (Wildman–Crippen LogP) is -0.420. The van der Waals surface area contributed by atoms with E-state index in [-0.39, 0.29) is 11.9 Å². The van der Waals surface area contributed by atoms with Gasteiger partial charge in [0.05, 0.1) is 6.54 Å². The zero-order chi connectivity index (χ0) is 17.1. The maximum atomic E-state index is 5.30. The molecule has 1 rings (SSSR count). The Morgan fingerprint density at radius 2 is 1.55 bits per heavy atom. The van der Waals surface area contributed by atoms with Crippen molar-refractivity contribution in [2.45, 2.75) is 40.2 Å². The number of nitrogens with two attached hydrogens (primary N) is 4. The zero-order valence-corrected chi connectivity index (χ0v) is 14.1. The summed E-state index contributed by atoms with van der Waals surface area (Å²) in [6.07, 6.45) is 0. The van der Waals surface area contributed by atoms with Crippen LogP contribution in [0.3, 0.4) is 0 Å². The molecule has 0 bridgehead atoms. The Morgan fingerprint density at radius 3 is 1.86 bits per heavy atom. The lowest BCUT2D eigenvalue weighted by molar-refractivity contribution is -0.477. The third kappa shape index (κ3) is 10.5. The molecule has 0 radical (unpaired) electrons. The molecule has 0 unspecified atom stereocenters. The summed E-state index contributed by atoms with van der Waals surface area (Å²) in [5, 5.41) is 0. The maximum Gasteiger partial charge on any atom is 0.339 e. The minimum Gasteiger partial charge on any atom is -0.370 e. The topological polar surface area (TPSA) is 130 Å². The van der Waals surface area contributed by atoms with E-state index >= 15 is 0 Å². The van der Waals surface area contributed by atoms with Gasteiger partial charge < -0.3 is 11.5 Å². The molecule has 0 aliphatic rings. The summed E-state index contributed by atoms with van der Waals surface area (Å²) in [6.45, 7) is 9.89. The molecule has 0 atom stereocenters. The fourth-order valence-electron chi connectivity index (χ4n) is 1.51. The van der Waals surface area contributed by atoms with Crippen LogP contribution in [0, 0.1) is 5.92 Å². The van der Waals surface area contributed by atoms with Crippen LogP contribution in [-0.2, 0) is 6.54 Å². The molecule has 6 nitrogen and oxygen atoms in total. The summed E-state index contributed by atoms with van der Waals surface area (Å²) in [7, 11) is 0. The first-order valence-electron chi connectivity index (χ1n) is 7.48. The highest BCUT2D eigenvalue weighted by Gasteiger charge is 1.98. The average molecular weight is 307 g/mol. The minimum absolute atomic E-state index is 0.179. The highest BCUT2D eigenvalue weighted by atomic mass is 15.0. The molecule has 22 heavy (non-hydrogen) atoms. The van der Waals surface area contributed by atoms with Gasteiger partial charge in [0.1, 0.15) is 0 Å². The predicted molar refractivity (Wildman–Crippen MR) is 94.1 cm³/mol. The van der Waals surface area contributed by atoms with E-state index in [2.05, 4.69) is 61.9 Å². The molecular formula is C16H31N6+. The molecule has 0 saturated carbocycles. The van der Waals surface area contributed by atoms with Gasteiger partial charge in [-0.1, -0.05) is 52.0 Å². The molecule has 0 heterocycles. The van der Waals surface area contributed by atoms with E-state index in [1.54, 1.807) is 0 Å². The largest absolute Gasteiger partial charge is 0.370 e. The van der Waals surface area contributed by atoms with Crippen LogP contribution in [0.2, 0.25) is 0 Å². The van der Waals surface area contributed by atoms with Crippen molar-refractivity contribution < 1.29 is 4.99 Å². The lowest BCUT2D eigenvalue weighted by Gasteiger charge is -2.05. The Labute approximate surface area is 133 Å². The van der Waals surface area contributed by atoms with Crippen molar-refractivity contribution in [1.82, 2.24) is 0 Å². The van der Waals surface area contributed by atoms with Crippen LogP contribution in [0.15, 0.2) is 29.3 Å². The summed E-state index contributed by atoms with van der Waals surface area (Å²) in [5.74, 6) is 1.55.